The molecule has 0 aliphatic heterocycles. The second-order valence-electron chi connectivity index (χ2n) is 5.34. The smallest absolute Gasteiger partial charge is 0.125 e. The topological polar surface area (TPSA) is 33.7 Å². The molecule has 0 bridgehead atoms. The van der Waals surface area contributed by atoms with Crippen LogP contribution in [0.1, 0.15) is 38.3 Å². The Bertz CT molecular complexity index is 410. The highest BCUT2D eigenvalue weighted by atomic mass is 16.5. The van der Waals surface area contributed by atoms with Crippen molar-refractivity contribution in [3.05, 3.63) is 23.8 Å². The normalized spacial score (nSPS) is 12.2. The van der Waals surface area contributed by atoms with E-state index in [1.807, 2.05) is 6.07 Å². The van der Waals surface area contributed by atoms with Crippen molar-refractivity contribution >= 4 is 5.69 Å². The molecule has 4 nitrogen and oxygen atoms in total. The first kappa shape index (κ1) is 17.8. The molecule has 0 aliphatic rings. The molecular weight excluding hydrogens is 264 g/mol. The van der Waals surface area contributed by atoms with Crippen molar-refractivity contribution in [2.24, 2.45) is 0 Å². The number of hydrogen-bond donors (Lipinski definition) is 1. The Morgan fingerprint density at radius 3 is 2.67 bits per heavy atom. The summed E-state index contributed by atoms with van der Waals surface area (Å²) in [5.41, 5.74) is 2.45. The Hall–Kier alpha value is -1.26. The van der Waals surface area contributed by atoms with Crippen molar-refractivity contribution in [3.63, 3.8) is 0 Å². The third-order valence-electron chi connectivity index (χ3n) is 3.65. The summed E-state index contributed by atoms with van der Waals surface area (Å²) in [5.74, 6) is 0.946. The van der Waals surface area contributed by atoms with E-state index < -0.39 is 0 Å². The van der Waals surface area contributed by atoms with Crippen LogP contribution in [0.5, 0.6) is 5.75 Å². The average Bonchev–Trinajstić information content (AvgIpc) is 2.51. The third kappa shape index (κ3) is 5.21. The standard InChI is InChI=1S/C17H30N2O2/c1-6-11-18-14(2)17-15(9-7-10-16(17)21-5)19(3)12-8-13-20-4/h7,9-10,14,18H,6,8,11-13H2,1-5H3. The summed E-state index contributed by atoms with van der Waals surface area (Å²) in [6.45, 7) is 7.13. The Morgan fingerprint density at radius 1 is 1.29 bits per heavy atom. The molecule has 0 radical (unpaired) electrons. The van der Waals surface area contributed by atoms with Crippen molar-refractivity contribution in [2.45, 2.75) is 32.7 Å². The fourth-order valence-corrected chi connectivity index (χ4v) is 2.51. The zero-order valence-electron chi connectivity index (χ0n) is 14.1. The molecule has 1 rings (SSSR count). The maximum Gasteiger partial charge on any atom is 0.125 e. The number of rotatable bonds is 10. The molecule has 0 fully saturated rings. The number of nitrogens with zero attached hydrogens (tertiary/aromatic N) is 1. The maximum absolute atomic E-state index is 5.57. The Labute approximate surface area is 129 Å². The summed E-state index contributed by atoms with van der Waals surface area (Å²) in [6.07, 6.45) is 2.14. The molecule has 1 aromatic carbocycles. The number of ether oxygens (including phenoxy) is 2. The zero-order chi connectivity index (χ0) is 15.7. The van der Waals surface area contributed by atoms with Gasteiger partial charge >= 0.3 is 0 Å². The van der Waals surface area contributed by atoms with E-state index >= 15 is 0 Å². The summed E-state index contributed by atoms with van der Waals surface area (Å²) in [6, 6.07) is 6.51. The molecule has 0 amide bonds. The highest BCUT2D eigenvalue weighted by Gasteiger charge is 2.17. The molecule has 0 spiro atoms. The predicted octanol–water partition coefficient (Wildman–Crippen LogP) is 3.23. The summed E-state index contributed by atoms with van der Waals surface area (Å²) in [7, 11) is 5.61. The fourth-order valence-electron chi connectivity index (χ4n) is 2.51. The lowest BCUT2D eigenvalue weighted by Crippen LogP contribution is -2.25. The first-order chi connectivity index (χ1) is 10.2. The van der Waals surface area contributed by atoms with Gasteiger partial charge in [0.2, 0.25) is 0 Å². The van der Waals surface area contributed by atoms with Gasteiger partial charge in [0.15, 0.2) is 0 Å². The van der Waals surface area contributed by atoms with Gasteiger partial charge in [-0.25, -0.2) is 0 Å². The lowest BCUT2D eigenvalue weighted by molar-refractivity contribution is 0.196. The van der Waals surface area contributed by atoms with Crippen molar-refractivity contribution in [2.75, 3.05) is 45.9 Å². The third-order valence-corrected chi connectivity index (χ3v) is 3.65. The van der Waals surface area contributed by atoms with Crippen molar-refractivity contribution in [1.29, 1.82) is 0 Å². The second kappa shape index (κ2) is 9.64. The molecule has 120 valence electrons. The van der Waals surface area contributed by atoms with Crippen LogP contribution in [0.3, 0.4) is 0 Å². The molecule has 0 saturated heterocycles. The number of hydrogen-bond acceptors (Lipinski definition) is 4. The van der Waals surface area contributed by atoms with Crippen LogP contribution >= 0.6 is 0 Å². The van der Waals surface area contributed by atoms with E-state index in [-0.39, 0.29) is 6.04 Å². The van der Waals surface area contributed by atoms with Gasteiger partial charge in [-0.3, -0.25) is 0 Å². The van der Waals surface area contributed by atoms with Crippen LogP contribution < -0.4 is 15.0 Å². The number of benzene rings is 1. The molecule has 0 heterocycles. The predicted molar refractivity (Wildman–Crippen MR) is 89.5 cm³/mol. The molecule has 1 aromatic rings. The van der Waals surface area contributed by atoms with E-state index in [9.17, 15) is 0 Å². The largest absolute Gasteiger partial charge is 0.496 e. The van der Waals surface area contributed by atoms with Crippen LogP contribution in [0.4, 0.5) is 5.69 Å². The Morgan fingerprint density at radius 2 is 2.05 bits per heavy atom. The summed E-state index contributed by atoms with van der Waals surface area (Å²) < 4.78 is 10.7. The number of anilines is 1. The minimum atomic E-state index is 0.265. The van der Waals surface area contributed by atoms with Gasteiger partial charge in [-0.2, -0.15) is 0 Å². The molecular formula is C17H30N2O2. The highest BCUT2D eigenvalue weighted by Crippen LogP contribution is 2.34. The molecule has 21 heavy (non-hydrogen) atoms. The van der Waals surface area contributed by atoms with Crippen molar-refractivity contribution in [1.82, 2.24) is 5.32 Å². The first-order valence-corrected chi connectivity index (χ1v) is 7.76. The van der Waals surface area contributed by atoms with E-state index in [0.717, 1.165) is 38.3 Å². The lowest BCUT2D eigenvalue weighted by Gasteiger charge is -2.27. The molecule has 1 atom stereocenters. The van der Waals surface area contributed by atoms with Crippen LogP contribution in [0.2, 0.25) is 0 Å². The Balaban J connectivity index is 2.95. The lowest BCUT2D eigenvalue weighted by atomic mass is 10.0. The van der Waals surface area contributed by atoms with Crippen molar-refractivity contribution in [3.8, 4) is 5.75 Å². The van der Waals surface area contributed by atoms with E-state index in [2.05, 4.69) is 43.2 Å². The molecule has 4 heteroatoms. The zero-order valence-corrected chi connectivity index (χ0v) is 14.1. The van der Waals surface area contributed by atoms with Gasteiger partial charge in [-0.05, 0) is 38.4 Å². The Kier molecular flexibility index (Phi) is 8.16. The van der Waals surface area contributed by atoms with Gasteiger partial charge < -0.3 is 19.7 Å². The van der Waals surface area contributed by atoms with Gasteiger partial charge in [-0.15, -0.1) is 0 Å². The van der Waals surface area contributed by atoms with E-state index in [0.29, 0.717) is 0 Å². The summed E-state index contributed by atoms with van der Waals surface area (Å²) in [5, 5.41) is 3.55. The van der Waals surface area contributed by atoms with E-state index in [1.54, 1.807) is 14.2 Å². The SMILES string of the molecule is CCCNC(C)c1c(OC)cccc1N(C)CCCOC. The maximum atomic E-state index is 5.57. The van der Waals surface area contributed by atoms with Crippen LogP contribution in [-0.4, -0.2) is 41.0 Å². The van der Waals surface area contributed by atoms with Crippen LogP contribution in [0, 0.1) is 0 Å². The van der Waals surface area contributed by atoms with Gasteiger partial charge in [0.05, 0.1) is 7.11 Å². The summed E-state index contributed by atoms with van der Waals surface area (Å²) >= 11 is 0. The quantitative estimate of drug-likeness (QED) is 0.672. The summed E-state index contributed by atoms with van der Waals surface area (Å²) in [4.78, 5) is 2.28. The molecule has 0 saturated carbocycles. The highest BCUT2D eigenvalue weighted by molar-refractivity contribution is 5.60. The molecule has 0 aliphatic carbocycles. The average molecular weight is 294 g/mol. The number of nitrogens with one attached hydrogen (secondary N) is 1. The molecule has 1 N–H and O–H groups in total. The minimum absolute atomic E-state index is 0.265. The monoisotopic (exact) mass is 294 g/mol. The molecule has 0 aromatic heterocycles. The van der Waals surface area contributed by atoms with Gasteiger partial charge in [-0.1, -0.05) is 13.0 Å². The van der Waals surface area contributed by atoms with E-state index in [4.69, 9.17) is 9.47 Å². The first-order valence-electron chi connectivity index (χ1n) is 7.76. The van der Waals surface area contributed by atoms with Crippen LogP contribution in [0.25, 0.3) is 0 Å². The fraction of sp³-hybridized carbons (Fsp3) is 0.647. The van der Waals surface area contributed by atoms with Crippen LogP contribution in [-0.2, 0) is 4.74 Å². The van der Waals surface area contributed by atoms with Gasteiger partial charge in [0.25, 0.3) is 0 Å². The van der Waals surface area contributed by atoms with Crippen LogP contribution in [0.15, 0.2) is 18.2 Å². The number of methoxy groups -OCH3 is 2. The van der Waals surface area contributed by atoms with Gasteiger partial charge in [0, 0.05) is 44.6 Å². The minimum Gasteiger partial charge on any atom is -0.496 e. The van der Waals surface area contributed by atoms with Crippen molar-refractivity contribution < 1.29 is 9.47 Å². The molecule has 1 unspecified atom stereocenters. The van der Waals surface area contributed by atoms with E-state index in [1.165, 1.54) is 11.3 Å². The second-order valence-corrected chi connectivity index (χ2v) is 5.34. The van der Waals surface area contributed by atoms with Gasteiger partial charge in [0.1, 0.15) is 5.75 Å².